The van der Waals surface area contributed by atoms with Crippen LogP contribution in [0.5, 0.6) is 5.75 Å². The minimum atomic E-state index is -5.07. The minimum absolute atomic E-state index is 0.102. The van der Waals surface area contributed by atoms with Gasteiger partial charge in [-0.15, -0.1) is 0 Å². The van der Waals surface area contributed by atoms with Crippen molar-refractivity contribution in [1.82, 2.24) is 36.4 Å². The number of carbonyl (C=O) groups excluding carboxylic acids is 8. The molecule has 3 fully saturated rings. The van der Waals surface area contributed by atoms with E-state index in [4.69, 9.17) is 5.73 Å². The highest BCUT2D eigenvalue weighted by atomic mass is 31.2. The van der Waals surface area contributed by atoms with Crippen LogP contribution < -0.4 is 36.8 Å². The molecule has 0 spiro atoms. The fourth-order valence-electron chi connectivity index (χ4n) is 9.99. The lowest BCUT2D eigenvalue weighted by molar-refractivity contribution is -0.149. The van der Waals surface area contributed by atoms with Crippen LogP contribution in [0.4, 0.5) is 0 Å². The summed E-state index contributed by atoms with van der Waals surface area (Å²) in [5.74, 6) is -9.12. The number of fused-ring (bicyclic) bond motifs is 2. The van der Waals surface area contributed by atoms with Crippen molar-refractivity contribution in [3.05, 3.63) is 29.8 Å². The summed E-state index contributed by atoms with van der Waals surface area (Å²) < 4.78 is 15.9. The van der Waals surface area contributed by atoms with Gasteiger partial charge in [0.1, 0.15) is 60.3 Å². The van der Waals surface area contributed by atoms with E-state index < -0.39 is 178 Å². The van der Waals surface area contributed by atoms with E-state index in [1.165, 1.54) is 6.42 Å². The minimum Gasteiger partial charge on any atom is -0.404 e. The summed E-state index contributed by atoms with van der Waals surface area (Å²) >= 11 is 0. The number of benzene rings is 1. The number of nitrogens with two attached hydrogens (primary N) is 1. The number of amides is 8. The number of rotatable bonds is 22. The van der Waals surface area contributed by atoms with Crippen molar-refractivity contribution in [2.24, 2.45) is 17.6 Å². The lowest BCUT2D eigenvalue weighted by Crippen LogP contribution is -2.64. The number of nitrogens with one attached hydrogen (secondary N) is 5. The molecule has 16 atom stereocenters. The zero-order valence-corrected chi connectivity index (χ0v) is 45.7. The molecular formula is C50H81N8O20P. The number of aliphatic hydroxyl groups is 8. The van der Waals surface area contributed by atoms with Gasteiger partial charge in [0.15, 0.2) is 6.23 Å². The van der Waals surface area contributed by atoms with Gasteiger partial charge in [0.25, 0.3) is 0 Å². The Hall–Kier alpha value is -5.39. The molecule has 28 nitrogen and oxygen atoms in total. The van der Waals surface area contributed by atoms with Crippen LogP contribution in [0.1, 0.15) is 129 Å². The molecule has 1 aromatic rings. The molecule has 3 aliphatic heterocycles. The van der Waals surface area contributed by atoms with E-state index in [2.05, 4.69) is 46.6 Å². The maximum atomic E-state index is 14.5. The molecule has 1 aromatic carbocycles. The molecular weight excluding hydrogens is 1060 g/mol. The number of aliphatic hydroxyl groups excluding tert-OH is 8. The summed E-state index contributed by atoms with van der Waals surface area (Å²) in [6.07, 6.45) is -11.0. The Balaban J connectivity index is 1.71. The molecule has 0 aromatic heterocycles. The van der Waals surface area contributed by atoms with Gasteiger partial charge in [-0.05, 0) is 55.7 Å². The highest BCUT2D eigenvalue weighted by Gasteiger charge is 2.49. The fourth-order valence-corrected chi connectivity index (χ4v) is 10.4. The van der Waals surface area contributed by atoms with E-state index in [1.807, 2.05) is 5.32 Å². The molecule has 17 N–H and O–H groups in total. The van der Waals surface area contributed by atoms with Crippen LogP contribution in [0.15, 0.2) is 24.3 Å². The number of primary amides is 1. The van der Waals surface area contributed by atoms with Crippen LogP contribution in [0.25, 0.3) is 0 Å². The first-order valence-corrected chi connectivity index (χ1v) is 28.3. The molecule has 2 unspecified atom stereocenters. The maximum Gasteiger partial charge on any atom is 0.524 e. The first-order chi connectivity index (χ1) is 37.0. The molecule has 0 aliphatic carbocycles. The van der Waals surface area contributed by atoms with Gasteiger partial charge in [-0.2, -0.15) is 0 Å². The monoisotopic (exact) mass is 1140 g/mol. The molecule has 4 rings (SSSR count). The lowest BCUT2D eigenvalue weighted by atomic mass is 9.91. The van der Waals surface area contributed by atoms with Crippen molar-refractivity contribution in [3.8, 4) is 5.75 Å². The summed E-state index contributed by atoms with van der Waals surface area (Å²) in [5.41, 5.74) is 5.05. The molecule has 3 aliphatic rings. The quantitative estimate of drug-likeness (QED) is 0.0394. The van der Waals surface area contributed by atoms with Crippen LogP contribution in [0.2, 0.25) is 0 Å². The summed E-state index contributed by atoms with van der Waals surface area (Å²) in [6.45, 7) is 6.62. The van der Waals surface area contributed by atoms with Gasteiger partial charge >= 0.3 is 7.82 Å². The van der Waals surface area contributed by atoms with E-state index in [0.717, 1.165) is 69.7 Å². The van der Waals surface area contributed by atoms with E-state index in [9.17, 15) is 93.6 Å². The van der Waals surface area contributed by atoms with Crippen molar-refractivity contribution < 1.29 is 98.1 Å². The fraction of sp³-hybridized carbons (Fsp3) is 0.720. The number of nitrogens with zero attached hydrogens (tertiary/aromatic N) is 2. The highest BCUT2D eigenvalue weighted by Crippen LogP contribution is 2.38. The zero-order valence-electron chi connectivity index (χ0n) is 44.8. The third-order valence-corrected chi connectivity index (χ3v) is 15.0. The largest absolute Gasteiger partial charge is 0.524 e. The number of unbranched alkanes of at least 4 members (excludes halogenated alkanes) is 5. The normalized spacial score (nSPS) is 28.3. The van der Waals surface area contributed by atoms with Crippen molar-refractivity contribution in [3.63, 3.8) is 0 Å². The second-order valence-electron chi connectivity index (χ2n) is 21.1. The van der Waals surface area contributed by atoms with Crippen molar-refractivity contribution in [1.29, 1.82) is 0 Å². The first kappa shape index (κ1) is 66.1. The molecule has 0 saturated carbocycles. The van der Waals surface area contributed by atoms with Crippen LogP contribution in [-0.4, -0.2) is 200 Å². The smallest absolute Gasteiger partial charge is 0.404 e. The maximum absolute atomic E-state index is 14.5. The standard InChI is InChI=1S/C50H81N8O20P/c1-5-25(2)20-26(3)12-10-8-6-7-9-11-13-37(65)52-31-22-35(63)46(70)56-48(72)41-33(61)18-19-57(41)50(74)39(34(62)23-36(51)64)54-47(71)40(43(67)42(66)28-14-16-30(17-15-28)78-79(75,76)77)55-45(69)32-21-29(60)24-58(32)49(73)38(27(4)59)53-44(31)68/h14-17,25-27,29,31-35,38-43,46,59-63,66-67,70H,5-13,18-24H2,1-4H3,(H2,51,64)(H,52,65)(H,53,68)(H,54,71)(H,55,69)(H,56,72)(H2,75,76,77)/t25-,26+,27+,29+,31-,32-,33-,34+,35+,38?,39-,40?,41-,42-,43-,46+/m0/s1. The summed E-state index contributed by atoms with van der Waals surface area (Å²) in [4.78, 5) is 131. The molecule has 3 heterocycles. The third kappa shape index (κ3) is 19.7. The van der Waals surface area contributed by atoms with Crippen LogP contribution in [0.3, 0.4) is 0 Å². The average Bonchev–Trinajstić information content (AvgIpc) is 4.08. The van der Waals surface area contributed by atoms with Gasteiger partial charge in [-0.25, -0.2) is 4.57 Å². The topological polar surface area (TPSA) is 458 Å². The molecule has 3 saturated heterocycles. The molecule has 0 radical (unpaired) electrons. The van der Waals surface area contributed by atoms with E-state index in [1.54, 1.807) is 0 Å². The molecule has 79 heavy (non-hydrogen) atoms. The van der Waals surface area contributed by atoms with Crippen molar-refractivity contribution in [2.75, 3.05) is 13.1 Å². The second-order valence-corrected chi connectivity index (χ2v) is 22.3. The Kier molecular flexibility index (Phi) is 25.5. The number of phosphoric acid groups is 1. The van der Waals surface area contributed by atoms with Gasteiger partial charge in [0.05, 0.1) is 30.8 Å². The molecule has 29 heteroatoms. The van der Waals surface area contributed by atoms with E-state index in [0.29, 0.717) is 34.5 Å². The van der Waals surface area contributed by atoms with Gasteiger partial charge in [-0.3, -0.25) is 48.1 Å². The number of hydrogen-bond donors (Lipinski definition) is 16. The Morgan fingerprint density at radius 3 is 1.95 bits per heavy atom. The zero-order chi connectivity index (χ0) is 59.1. The van der Waals surface area contributed by atoms with Crippen LogP contribution in [0, 0.1) is 11.8 Å². The van der Waals surface area contributed by atoms with E-state index >= 15 is 0 Å². The predicted octanol–water partition coefficient (Wildman–Crippen LogP) is -3.58. The molecule has 0 bridgehead atoms. The summed E-state index contributed by atoms with van der Waals surface area (Å²) in [7, 11) is -5.07. The Labute approximate surface area is 457 Å². The SMILES string of the molecule is CC[C@H](C)C[C@H](C)CCCCCCCCC(=O)N[C@H]1C[C@@H](O)[C@@H](O)NC(=O)[C@@H]2[C@@H](O)CCN2C(=O)[C@H]([C@H](O)CC(N)=O)NC(=O)C([C@H](O)[C@@H](O)c2ccc(OP(=O)(O)O)cc2)NC(=O)[C@@H]2C[C@@H](O)CN2C(=O)C([C@@H](C)O)NC1=O. The van der Waals surface area contributed by atoms with E-state index in [-0.39, 0.29) is 18.4 Å². The van der Waals surface area contributed by atoms with Gasteiger partial charge in [0.2, 0.25) is 47.3 Å². The van der Waals surface area contributed by atoms with Gasteiger partial charge in [-0.1, -0.05) is 77.8 Å². The summed E-state index contributed by atoms with van der Waals surface area (Å²) in [6, 6.07) is -8.37. The van der Waals surface area contributed by atoms with Gasteiger partial charge in [0, 0.05) is 32.4 Å². The third-order valence-electron chi connectivity index (χ3n) is 14.5. The average molecular weight is 1150 g/mol. The molecule has 8 amide bonds. The lowest BCUT2D eigenvalue weighted by Gasteiger charge is -2.34. The summed E-state index contributed by atoms with van der Waals surface area (Å²) in [5, 5.41) is 101. The second kappa shape index (κ2) is 30.4. The number of carbonyl (C=O) groups is 8. The number of hydrogen-bond acceptors (Lipinski definition) is 18. The molecule has 446 valence electrons. The Morgan fingerprint density at radius 1 is 0.747 bits per heavy atom. The Bertz CT molecular complexity index is 2290. The number of phosphoric ester groups is 1. The Morgan fingerprint density at radius 2 is 1.34 bits per heavy atom. The van der Waals surface area contributed by atoms with Crippen molar-refractivity contribution in [2.45, 2.75) is 203 Å². The van der Waals surface area contributed by atoms with Crippen LogP contribution >= 0.6 is 7.82 Å². The first-order valence-electron chi connectivity index (χ1n) is 26.7. The van der Waals surface area contributed by atoms with Crippen LogP contribution in [-0.2, 0) is 42.9 Å². The van der Waals surface area contributed by atoms with Gasteiger partial charge < -0.3 is 87.5 Å². The highest BCUT2D eigenvalue weighted by molar-refractivity contribution is 7.46. The van der Waals surface area contributed by atoms with Crippen molar-refractivity contribution >= 4 is 55.1 Å². The predicted molar refractivity (Wildman–Crippen MR) is 276 cm³/mol.